The molecular weight excluding hydrogens is 338 g/mol. The molecule has 0 aliphatic heterocycles. The highest BCUT2D eigenvalue weighted by Crippen LogP contribution is 2.26. The normalized spacial score (nSPS) is 10.2. The number of nitrogens with one attached hydrogen (secondary N) is 1. The van der Waals surface area contributed by atoms with Crippen LogP contribution in [0.4, 0.5) is 11.4 Å². The van der Waals surface area contributed by atoms with E-state index in [1.54, 1.807) is 50.4 Å². The number of anilines is 1. The van der Waals surface area contributed by atoms with Gasteiger partial charge in [-0.2, -0.15) is 0 Å². The van der Waals surface area contributed by atoms with Crippen molar-refractivity contribution in [1.29, 1.82) is 0 Å². The second kappa shape index (κ2) is 8.19. The first-order valence-corrected chi connectivity index (χ1v) is 7.82. The Labute approximate surface area is 151 Å². The molecule has 0 heterocycles. The molecule has 0 radical (unpaired) electrons. The standard InChI is InChI=1S/C18H21N3O5/c1-20(2)16-8-6-13(21(23)24)9-15(16)18(22)19-11-12-5-7-14(25-3)10-17(12)26-4/h5-10H,11H2,1-4H3,(H,19,22). The second-order valence-corrected chi connectivity index (χ2v) is 5.71. The third-order valence-corrected chi connectivity index (χ3v) is 3.85. The van der Waals surface area contributed by atoms with E-state index in [9.17, 15) is 14.9 Å². The van der Waals surface area contributed by atoms with Gasteiger partial charge >= 0.3 is 0 Å². The Bertz CT molecular complexity index is 820. The second-order valence-electron chi connectivity index (χ2n) is 5.71. The van der Waals surface area contributed by atoms with Crippen molar-refractivity contribution >= 4 is 17.3 Å². The largest absolute Gasteiger partial charge is 0.497 e. The molecule has 0 aliphatic rings. The molecule has 1 amide bonds. The maximum atomic E-state index is 12.6. The van der Waals surface area contributed by atoms with E-state index in [0.717, 1.165) is 5.56 Å². The van der Waals surface area contributed by atoms with Crippen LogP contribution in [0.2, 0.25) is 0 Å². The summed E-state index contributed by atoms with van der Waals surface area (Å²) in [6, 6.07) is 9.48. The van der Waals surface area contributed by atoms with Crippen LogP contribution in [0.15, 0.2) is 36.4 Å². The average Bonchev–Trinajstić information content (AvgIpc) is 2.65. The molecule has 1 N–H and O–H groups in total. The van der Waals surface area contributed by atoms with Gasteiger partial charge in [-0.15, -0.1) is 0 Å². The van der Waals surface area contributed by atoms with Gasteiger partial charge in [0.15, 0.2) is 0 Å². The summed E-state index contributed by atoms with van der Waals surface area (Å²) in [5, 5.41) is 13.8. The molecule has 2 rings (SSSR count). The Balaban J connectivity index is 2.25. The SMILES string of the molecule is COc1ccc(CNC(=O)c2cc([N+](=O)[O-])ccc2N(C)C)c(OC)c1. The molecule has 2 aromatic carbocycles. The van der Waals surface area contributed by atoms with Gasteiger partial charge in [-0.05, 0) is 18.2 Å². The lowest BCUT2D eigenvalue weighted by atomic mass is 10.1. The molecule has 0 bridgehead atoms. The molecule has 0 unspecified atom stereocenters. The summed E-state index contributed by atoms with van der Waals surface area (Å²) < 4.78 is 10.5. The molecule has 0 spiro atoms. The minimum atomic E-state index is -0.525. The molecule has 0 aliphatic carbocycles. The highest BCUT2D eigenvalue weighted by atomic mass is 16.6. The molecule has 8 nitrogen and oxygen atoms in total. The van der Waals surface area contributed by atoms with Crippen LogP contribution in [-0.2, 0) is 6.54 Å². The molecule has 0 aromatic heterocycles. The monoisotopic (exact) mass is 359 g/mol. The number of ether oxygens (including phenoxy) is 2. The van der Waals surface area contributed by atoms with Gasteiger partial charge < -0.3 is 19.7 Å². The summed E-state index contributed by atoms with van der Waals surface area (Å²) >= 11 is 0. The van der Waals surface area contributed by atoms with Gasteiger partial charge in [0, 0.05) is 50.1 Å². The molecule has 0 saturated carbocycles. The topological polar surface area (TPSA) is 93.9 Å². The van der Waals surface area contributed by atoms with E-state index in [1.165, 1.54) is 19.2 Å². The van der Waals surface area contributed by atoms with Gasteiger partial charge in [-0.25, -0.2) is 0 Å². The maximum absolute atomic E-state index is 12.6. The first-order valence-electron chi connectivity index (χ1n) is 7.82. The Hall–Kier alpha value is -3.29. The fourth-order valence-electron chi connectivity index (χ4n) is 2.48. The summed E-state index contributed by atoms with van der Waals surface area (Å²) in [7, 11) is 6.63. The lowest BCUT2D eigenvalue weighted by molar-refractivity contribution is -0.384. The van der Waals surface area contributed by atoms with Crippen LogP contribution in [0.25, 0.3) is 0 Å². The summed E-state index contributed by atoms with van der Waals surface area (Å²) in [5.41, 5.74) is 1.45. The Morgan fingerprint density at radius 3 is 2.46 bits per heavy atom. The molecule has 138 valence electrons. The third-order valence-electron chi connectivity index (χ3n) is 3.85. The van der Waals surface area contributed by atoms with Crippen molar-refractivity contribution in [3.63, 3.8) is 0 Å². The van der Waals surface area contributed by atoms with Gasteiger partial charge in [0.25, 0.3) is 11.6 Å². The molecule has 8 heteroatoms. The maximum Gasteiger partial charge on any atom is 0.270 e. The fourth-order valence-corrected chi connectivity index (χ4v) is 2.48. The van der Waals surface area contributed by atoms with Crippen molar-refractivity contribution in [1.82, 2.24) is 5.32 Å². The number of carbonyl (C=O) groups excluding carboxylic acids is 1. The number of rotatable bonds is 7. The van der Waals surface area contributed by atoms with E-state index < -0.39 is 10.8 Å². The van der Waals surface area contributed by atoms with E-state index >= 15 is 0 Å². The third kappa shape index (κ3) is 4.21. The number of non-ortho nitro benzene ring substituents is 1. The van der Waals surface area contributed by atoms with Crippen molar-refractivity contribution in [2.45, 2.75) is 6.54 Å². The van der Waals surface area contributed by atoms with Crippen molar-refractivity contribution in [3.8, 4) is 11.5 Å². The molecular formula is C18H21N3O5. The zero-order chi connectivity index (χ0) is 19.3. The highest BCUT2D eigenvalue weighted by Gasteiger charge is 2.18. The van der Waals surface area contributed by atoms with Crippen LogP contribution >= 0.6 is 0 Å². The molecule has 0 fully saturated rings. The number of nitro groups is 1. The van der Waals surface area contributed by atoms with E-state index in [2.05, 4.69) is 5.32 Å². The molecule has 2 aromatic rings. The smallest absolute Gasteiger partial charge is 0.270 e. The lowest BCUT2D eigenvalue weighted by Crippen LogP contribution is -2.25. The number of carbonyl (C=O) groups is 1. The first-order chi connectivity index (χ1) is 12.4. The number of nitrogens with zero attached hydrogens (tertiary/aromatic N) is 2. The van der Waals surface area contributed by atoms with E-state index in [0.29, 0.717) is 17.2 Å². The van der Waals surface area contributed by atoms with Gasteiger partial charge in [0.05, 0.1) is 24.7 Å². The average molecular weight is 359 g/mol. The number of benzene rings is 2. The van der Waals surface area contributed by atoms with Gasteiger partial charge in [0.1, 0.15) is 11.5 Å². The minimum absolute atomic E-state index is 0.136. The zero-order valence-corrected chi connectivity index (χ0v) is 15.1. The molecule has 0 atom stereocenters. The first kappa shape index (κ1) is 19.0. The van der Waals surface area contributed by atoms with Crippen molar-refractivity contribution in [2.75, 3.05) is 33.2 Å². The Morgan fingerprint density at radius 2 is 1.88 bits per heavy atom. The van der Waals surface area contributed by atoms with Crippen LogP contribution < -0.4 is 19.7 Å². The van der Waals surface area contributed by atoms with Gasteiger partial charge in [-0.3, -0.25) is 14.9 Å². The molecule has 0 saturated heterocycles. The number of amides is 1. The van der Waals surface area contributed by atoms with Gasteiger partial charge in [0.2, 0.25) is 0 Å². The number of nitro benzene ring substituents is 1. The number of methoxy groups -OCH3 is 2. The zero-order valence-electron chi connectivity index (χ0n) is 15.1. The summed E-state index contributed by atoms with van der Waals surface area (Å²) in [6.45, 7) is 0.210. The van der Waals surface area contributed by atoms with Crippen molar-refractivity contribution < 1.29 is 19.2 Å². The van der Waals surface area contributed by atoms with Crippen molar-refractivity contribution in [3.05, 3.63) is 57.6 Å². The number of hydrogen-bond donors (Lipinski definition) is 1. The summed E-state index contributed by atoms with van der Waals surface area (Å²) in [6.07, 6.45) is 0. The van der Waals surface area contributed by atoms with Crippen LogP contribution in [0, 0.1) is 10.1 Å². The highest BCUT2D eigenvalue weighted by molar-refractivity contribution is 6.00. The van der Waals surface area contributed by atoms with Crippen LogP contribution in [0.3, 0.4) is 0 Å². The Kier molecular flexibility index (Phi) is 6.00. The van der Waals surface area contributed by atoms with E-state index in [-0.39, 0.29) is 17.8 Å². The summed E-state index contributed by atoms with van der Waals surface area (Å²) in [4.78, 5) is 24.8. The summed E-state index contributed by atoms with van der Waals surface area (Å²) in [5.74, 6) is 0.817. The fraction of sp³-hybridized carbons (Fsp3) is 0.278. The quantitative estimate of drug-likeness (QED) is 0.603. The van der Waals surface area contributed by atoms with Crippen LogP contribution in [-0.4, -0.2) is 39.1 Å². The van der Waals surface area contributed by atoms with Crippen LogP contribution in [0.5, 0.6) is 11.5 Å². The predicted molar refractivity (Wildman–Crippen MR) is 98.1 cm³/mol. The van der Waals surface area contributed by atoms with E-state index in [4.69, 9.17) is 9.47 Å². The van der Waals surface area contributed by atoms with Gasteiger partial charge in [-0.1, -0.05) is 0 Å². The van der Waals surface area contributed by atoms with Crippen molar-refractivity contribution in [2.24, 2.45) is 0 Å². The number of hydrogen-bond acceptors (Lipinski definition) is 6. The molecule has 26 heavy (non-hydrogen) atoms. The minimum Gasteiger partial charge on any atom is -0.497 e. The predicted octanol–water partition coefficient (Wildman–Crippen LogP) is 2.61. The van der Waals surface area contributed by atoms with Crippen LogP contribution in [0.1, 0.15) is 15.9 Å². The Morgan fingerprint density at radius 1 is 1.15 bits per heavy atom. The van der Waals surface area contributed by atoms with E-state index in [1.807, 2.05) is 0 Å². The lowest BCUT2D eigenvalue weighted by Gasteiger charge is -2.17.